The zero-order valence-corrected chi connectivity index (χ0v) is 10.9. The van der Waals surface area contributed by atoms with Crippen LogP contribution >= 0.6 is 0 Å². The fraction of sp³-hybridized carbons (Fsp3) is 0.889. The minimum Gasteiger partial charge on any atom is -0.409 e. The number of oxime groups is 1. The molecule has 0 spiro atoms. The van der Waals surface area contributed by atoms with Crippen LogP contribution in [0.1, 0.15) is 20.3 Å². The maximum Gasteiger partial charge on any atom is 0.153 e. The Morgan fingerprint density at radius 1 is 1.50 bits per heavy atom. The molecule has 0 heterocycles. The van der Waals surface area contributed by atoms with E-state index in [1.54, 1.807) is 0 Å². The van der Waals surface area contributed by atoms with Crippen molar-refractivity contribution in [3.63, 3.8) is 0 Å². The SMILES string of the molecule is CC(C)N(CCCS(C)(=O)=O)CC(N)=NO. The summed E-state index contributed by atoms with van der Waals surface area (Å²) in [5.41, 5.74) is 5.41. The van der Waals surface area contributed by atoms with E-state index in [-0.39, 0.29) is 17.6 Å². The van der Waals surface area contributed by atoms with Crippen molar-refractivity contribution in [1.29, 1.82) is 0 Å². The van der Waals surface area contributed by atoms with Crippen LogP contribution in [0, 0.1) is 0 Å². The van der Waals surface area contributed by atoms with E-state index < -0.39 is 9.84 Å². The summed E-state index contributed by atoms with van der Waals surface area (Å²) in [6.45, 7) is 4.91. The molecule has 0 aliphatic rings. The van der Waals surface area contributed by atoms with Gasteiger partial charge in [0.15, 0.2) is 5.84 Å². The Hall–Kier alpha value is -0.820. The molecular weight excluding hydrogens is 230 g/mol. The van der Waals surface area contributed by atoms with Crippen molar-refractivity contribution in [2.45, 2.75) is 26.3 Å². The summed E-state index contributed by atoms with van der Waals surface area (Å²) in [7, 11) is -2.92. The first-order valence-corrected chi connectivity index (χ1v) is 7.20. The third kappa shape index (κ3) is 7.47. The topological polar surface area (TPSA) is 96.0 Å². The van der Waals surface area contributed by atoms with Crippen molar-refractivity contribution in [3.05, 3.63) is 0 Å². The fourth-order valence-corrected chi connectivity index (χ4v) is 1.94. The zero-order valence-electron chi connectivity index (χ0n) is 10.0. The Balaban J connectivity index is 4.15. The molecule has 0 atom stereocenters. The van der Waals surface area contributed by atoms with Crippen LogP contribution in [-0.4, -0.2) is 55.5 Å². The largest absolute Gasteiger partial charge is 0.409 e. The fourth-order valence-electron chi connectivity index (χ4n) is 1.29. The van der Waals surface area contributed by atoms with E-state index >= 15 is 0 Å². The Kier molecular flexibility index (Phi) is 6.35. The number of sulfone groups is 1. The van der Waals surface area contributed by atoms with Gasteiger partial charge in [0.25, 0.3) is 0 Å². The van der Waals surface area contributed by atoms with Gasteiger partial charge in [-0.15, -0.1) is 0 Å². The maximum absolute atomic E-state index is 11.0. The minimum atomic E-state index is -2.92. The molecule has 0 amide bonds. The van der Waals surface area contributed by atoms with Crippen LogP contribution in [0.5, 0.6) is 0 Å². The van der Waals surface area contributed by atoms with Crippen LogP contribution in [0.15, 0.2) is 5.16 Å². The number of nitrogens with two attached hydrogens (primary N) is 1. The number of amidine groups is 1. The molecule has 0 unspecified atom stereocenters. The molecule has 96 valence electrons. The van der Waals surface area contributed by atoms with E-state index in [1.165, 1.54) is 6.26 Å². The summed E-state index contributed by atoms with van der Waals surface area (Å²) >= 11 is 0. The molecule has 0 aromatic rings. The minimum absolute atomic E-state index is 0.132. The van der Waals surface area contributed by atoms with Crippen LogP contribution < -0.4 is 5.73 Å². The van der Waals surface area contributed by atoms with Crippen molar-refractivity contribution < 1.29 is 13.6 Å². The second-order valence-corrected chi connectivity index (χ2v) is 6.40. The second-order valence-electron chi connectivity index (χ2n) is 4.14. The highest BCUT2D eigenvalue weighted by molar-refractivity contribution is 7.90. The highest BCUT2D eigenvalue weighted by Gasteiger charge is 2.12. The molecule has 0 rings (SSSR count). The normalized spacial score (nSPS) is 13.7. The highest BCUT2D eigenvalue weighted by Crippen LogP contribution is 2.00. The molecule has 0 saturated carbocycles. The van der Waals surface area contributed by atoms with Crippen LogP contribution in [0.25, 0.3) is 0 Å². The molecule has 0 radical (unpaired) electrons. The van der Waals surface area contributed by atoms with Crippen molar-refractivity contribution in [3.8, 4) is 0 Å². The van der Waals surface area contributed by atoms with Gasteiger partial charge in [-0.25, -0.2) is 8.42 Å². The molecule has 0 fully saturated rings. The molecule has 0 aliphatic heterocycles. The Morgan fingerprint density at radius 3 is 2.44 bits per heavy atom. The Bertz CT molecular complexity index is 325. The summed E-state index contributed by atoms with van der Waals surface area (Å²) in [6, 6.07) is 0.222. The molecule has 0 saturated heterocycles. The van der Waals surface area contributed by atoms with E-state index in [2.05, 4.69) is 5.16 Å². The molecule has 7 heteroatoms. The van der Waals surface area contributed by atoms with Crippen LogP contribution in [0.4, 0.5) is 0 Å². The Morgan fingerprint density at radius 2 is 2.06 bits per heavy atom. The lowest BCUT2D eigenvalue weighted by molar-refractivity contribution is 0.247. The van der Waals surface area contributed by atoms with Gasteiger partial charge in [0, 0.05) is 12.3 Å². The van der Waals surface area contributed by atoms with E-state index in [0.29, 0.717) is 19.5 Å². The molecule has 0 aromatic heterocycles. The predicted molar refractivity (Wildman–Crippen MR) is 64.4 cm³/mol. The van der Waals surface area contributed by atoms with E-state index in [9.17, 15) is 8.42 Å². The summed E-state index contributed by atoms with van der Waals surface area (Å²) in [5, 5.41) is 11.4. The van der Waals surface area contributed by atoms with Crippen molar-refractivity contribution in [2.24, 2.45) is 10.9 Å². The first kappa shape index (κ1) is 15.2. The van der Waals surface area contributed by atoms with Crippen molar-refractivity contribution >= 4 is 15.7 Å². The molecule has 0 aliphatic carbocycles. The highest BCUT2D eigenvalue weighted by atomic mass is 32.2. The summed E-state index contributed by atoms with van der Waals surface area (Å²) in [4.78, 5) is 1.96. The van der Waals surface area contributed by atoms with Gasteiger partial charge in [-0.2, -0.15) is 0 Å². The molecule has 3 N–H and O–H groups in total. The van der Waals surface area contributed by atoms with E-state index in [4.69, 9.17) is 10.9 Å². The lowest BCUT2D eigenvalue weighted by Crippen LogP contribution is -2.39. The van der Waals surface area contributed by atoms with E-state index in [0.717, 1.165) is 0 Å². The number of rotatable bonds is 7. The first-order valence-electron chi connectivity index (χ1n) is 5.14. The van der Waals surface area contributed by atoms with Crippen LogP contribution in [-0.2, 0) is 9.84 Å². The molecule has 0 aromatic carbocycles. The van der Waals surface area contributed by atoms with E-state index in [1.807, 2.05) is 18.7 Å². The van der Waals surface area contributed by atoms with Crippen LogP contribution in [0.2, 0.25) is 0 Å². The van der Waals surface area contributed by atoms with Gasteiger partial charge in [-0.3, -0.25) is 4.90 Å². The molecule has 0 bridgehead atoms. The summed E-state index contributed by atoms with van der Waals surface area (Å²) in [5.74, 6) is 0.292. The third-order valence-electron chi connectivity index (χ3n) is 2.18. The summed E-state index contributed by atoms with van der Waals surface area (Å²) < 4.78 is 21.9. The molecule has 6 nitrogen and oxygen atoms in total. The predicted octanol–water partition coefficient (Wildman–Crippen LogP) is -0.122. The smallest absolute Gasteiger partial charge is 0.153 e. The monoisotopic (exact) mass is 251 g/mol. The van der Waals surface area contributed by atoms with Gasteiger partial charge in [0.2, 0.25) is 0 Å². The molecule has 16 heavy (non-hydrogen) atoms. The third-order valence-corrected chi connectivity index (χ3v) is 3.21. The lowest BCUT2D eigenvalue weighted by atomic mass is 10.3. The van der Waals surface area contributed by atoms with Gasteiger partial charge in [-0.05, 0) is 26.8 Å². The van der Waals surface area contributed by atoms with Crippen molar-refractivity contribution in [1.82, 2.24) is 4.90 Å². The van der Waals surface area contributed by atoms with Gasteiger partial charge in [-0.1, -0.05) is 5.16 Å². The quantitative estimate of drug-likeness (QED) is 0.284. The van der Waals surface area contributed by atoms with Gasteiger partial charge in [0.05, 0.1) is 12.3 Å². The van der Waals surface area contributed by atoms with Crippen molar-refractivity contribution in [2.75, 3.05) is 25.1 Å². The number of hydrogen-bond acceptors (Lipinski definition) is 5. The number of hydrogen-bond donors (Lipinski definition) is 2. The van der Waals surface area contributed by atoms with Gasteiger partial charge < -0.3 is 10.9 Å². The van der Waals surface area contributed by atoms with Gasteiger partial charge in [0.1, 0.15) is 9.84 Å². The molecular formula is C9H21N3O3S. The lowest BCUT2D eigenvalue weighted by Gasteiger charge is -2.25. The zero-order chi connectivity index (χ0) is 12.8. The average Bonchev–Trinajstić information content (AvgIpc) is 2.13. The van der Waals surface area contributed by atoms with Gasteiger partial charge >= 0.3 is 0 Å². The average molecular weight is 251 g/mol. The number of nitrogens with zero attached hydrogens (tertiary/aromatic N) is 2. The summed E-state index contributed by atoms with van der Waals surface area (Å²) in [6.07, 6.45) is 1.77. The second kappa shape index (κ2) is 6.70. The maximum atomic E-state index is 11.0. The first-order chi connectivity index (χ1) is 7.26. The standard InChI is InChI=1S/C9H21N3O3S/c1-8(2)12(7-9(10)11-13)5-4-6-16(3,14)15/h8,13H,4-7H2,1-3H3,(H2,10,11). The Labute approximate surface area is 97.0 Å². The van der Waals surface area contributed by atoms with Crippen LogP contribution in [0.3, 0.4) is 0 Å².